The molecule has 1 spiro atoms. The van der Waals surface area contributed by atoms with Gasteiger partial charge in [-0.25, -0.2) is 17.2 Å². The Morgan fingerprint density at radius 2 is 1.67 bits per heavy atom. The molecule has 11 heteroatoms. The van der Waals surface area contributed by atoms with Gasteiger partial charge in [0.2, 0.25) is 21.9 Å². The van der Waals surface area contributed by atoms with Gasteiger partial charge >= 0.3 is 0 Å². The smallest absolute Gasteiger partial charge is 0.254 e. The molecule has 2 heterocycles. The number of hydrogen-bond acceptors (Lipinski definition) is 5. The van der Waals surface area contributed by atoms with Crippen LogP contribution in [0.5, 0.6) is 0 Å². The number of carbonyl (C=O) groups excluding carboxylic acids is 2. The third kappa shape index (κ3) is 5.45. The van der Waals surface area contributed by atoms with E-state index in [9.17, 15) is 26.8 Å². The fourth-order valence-corrected chi connectivity index (χ4v) is 6.49. The average Bonchev–Trinajstić information content (AvgIpc) is 3.47. The molecule has 0 aromatic heterocycles. The molecule has 1 aromatic rings. The maximum absolute atomic E-state index is 13.6. The van der Waals surface area contributed by atoms with Gasteiger partial charge in [-0.2, -0.15) is 0 Å². The molecule has 2 saturated heterocycles. The van der Waals surface area contributed by atoms with Crippen LogP contribution in [0.3, 0.4) is 0 Å². The zero-order chi connectivity index (χ0) is 25.7. The second kappa shape index (κ2) is 9.15. The lowest BCUT2D eigenvalue weighted by Gasteiger charge is -2.35. The largest absolute Gasteiger partial charge is 0.371 e. The molecule has 2 amide bonds. The fraction of sp³-hybridized carbons (Fsp3) is 0.680. The highest BCUT2D eigenvalue weighted by Gasteiger charge is 2.45. The first-order valence-corrected chi connectivity index (χ1v) is 14.7. The molecule has 0 bridgehead atoms. The van der Waals surface area contributed by atoms with Crippen molar-refractivity contribution in [2.45, 2.75) is 75.8 Å². The van der Waals surface area contributed by atoms with Crippen LogP contribution in [0.1, 0.15) is 68.1 Å². The molecule has 2 N–H and O–H groups in total. The van der Waals surface area contributed by atoms with Crippen LogP contribution in [0.25, 0.3) is 0 Å². The van der Waals surface area contributed by atoms with Gasteiger partial charge in [0.05, 0.1) is 23.2 Å². The molecule has 5 rings (SSSR count). The molecular weight excluding hydrogens is 490 g/mol. The Morgan fingerprint density at radius 1 is 1.00 bits per heavy atom. The number of hydrogen-bond donors (Lipinski definition) is 2. The number of nitrogens with zero attached hydrogens (tertiary/aromatic N) is 2. The van der Waals surface area contributed by atoms with Gasteiger partial charge < -0.3 is 15.1 Å². The minimum absolute atomic E-state index is 0.209. The number of rotatable bonds is 6. The maximum atomic E-state index is 13.6. The Morgan fingerprint density at radius 3 is 2.28 bits per heavy atom. The molecule has 2 aliphatic carbocycles. The van der Waals surface area contributed by atoms with Gasteiger partial charge in [0, 0.05) is 38.5 Å². The van der Waals surface area contributed by atoms with Crippen molar-refractivity contribution in [2.75, 3.05) is 35.5 Å². The zero-order valence-electron chi connectivity index (χ0n) is 20.6. The predicted molar refractivity (Wildman–Crippen MR) is 133 cm³/mol. The lowest BCUT2D eigenvalue weighted by molar-refractivity contribution is -0.134. The Kier molecular flexibility index (Phi) is 6.41. The molecule has 2 saturated carbocycles. The predicted octanol–water partition coefficient (Wildman–Crippen LogP) is 3.35. The quantitative estimate of drug-likeness (QED) is 0.595. The lowest BCUT2D eigenvalue weighted by Crippen LogP contribution is -2.46. The number of nitrogens with one attached hydrogen (secondary N) is 2. The molecule has 4 fully saturated rings. The van der Waals surface area contributed by atoms with Gasteiger partial charge in [0.25, 0.3) is 5.91 Å². The monoisotopic (exact) mass is 524 g/mol. The number of alkyl halides is 2. The van der Waals surface area contributed by atoms with Crippen molar-refractivity contribution in [1.82, 2.24) is 10.2 Å². The summed E-state index contributed by atoms with van der Waals surface area (Å²) in [6, 6.07) is 3.93. The van der Waals surface area contributed by atoms with E-state index in [-0.39, 0.29) is 37.6 Å². The van der Waals surface area contributed by atoms with E-state index in [1.807, 2.05) is 0 Å². The summed E-state index contributed by atoms with van der Waals surface area (Å²) in [7, 11) is -3.48. The van der Waals surface area contributed by atoms with Crippen LogP contribution in [-0.4, -0.2) is 69.0 Å². The number of anilines is 2. The van der Waals surface area contributed by atoms with Crippen LogP contribution in [0.2, 0.25) is 0 Å². The number of amides is 2. The number of halogens is 2. The van der Waals surface area contributed by atoms with Gasteiger partial charge in [0.1, 0.15) is 6.04 Å². The summed E-state index contributed by atoms with van der Waals surface area (Å²) in [5, 5.41) is 2.86. The Bertz CT molecular complexity index is 1130. The van der Waals surface area contributed by atoms with Crippen LogP contribution in [0.4, 0.5) is 20.2 Å². The first-order valence-electron chi connectivity index (χ1n) is 12.8. The van der Waals surface area contributed by atoms with E-state index in [1.165, 1.54) is 12.8 Å². The van der Waals surface area contributed by atoms with Crippen LogP contribution >= 0.6 is 0 Å². The Balaban J connectivity index is 1.30. The fourth-order valence-electron chi connectivity index (χ4n) is 5.93. The van der Waals surface area contributed by atoms with E-state index < -0.39 is 27.9 Å². The highest BCUT2D eigenvalue weighted by molar-refractivity contribution is 7.92. The SMILES string of the molecule is CS(=O)(=O)Nc1ccc(C(=O)NC2CCN(C3CCC(F)(F)CC3)C2=O)c(N2CCC3(CC2)CC3)c1. The number of likely N-dealkylation sites (tertiary alicyclic amines) is 1. The first-order chi connectivity index (χ1) is 16.9. The van der Waals surface area contributed by atoms with Gasteiger partial charge in [-0.05, 0) is 68.6 Å². The number of carbonyl (C=O) groups is 2. The minimum atomic E-state index is -3.48. The van der Waals surface area contributed by atoms with Gasteiger partial charge in [-0.15, -0.1) is 0 Å². The highest BCUT2D eigenvalue weighted by atomic mass is 32.2. The van der Waals surface area contributed by atoms with Crippen molar-refractivity contribution >= 4 is 33.2 Å². The summed E-state index contributed by atoms with van der Waals surface area (Å²) in [6.45, 7) is 2.01. The van der Waals surface area contributed by atoms with Crippen molar-refractivity contribution in [3.63, 3.8) is 0 Å². The van der Waals surface area contributed by atoms with E-state index in [4.69, 9.17) is 0 Å². The molecule has 2 aliphatic heterocycles. The maximum Gasteiger partial charge on any atom is 0.254 e. The molecule has 4 aliphatic rings. The van der Waals surface area contributed by atoms with Gasteiger partial charge in [0.15, 0.2) is 0 Å². The van der Waals surface area contributed by atoms with Crippen molar-refractivity contribution in [3.05, 3.63) is 23.8 Å². The number of benzene rings is 1. The van der Waals surface area contributed by atoms with Crippen LogP contribution in [-0.2, 0) is 14.8 Å². The summed E-state index contributed by atoms with van der Waals surface area (Å²) in [4.78, 5) is 30.2. The molecule has 1 unspecified atom stereocenters. The summed E-state index contributed by atoms with van der Waals surface area (Å²) in [5.74, 6) is -3.27. The van der Waals surface area contributed by atoms with Gasteiger partial charge in [-0.3, -0.25) is 14.3 Å². The molecule has 198 valence electrons. The van der Waals surface area contributed by atoms with Crippen molar-refractivity contribution in [3.8, 4) is 0 Å². The molecule has 36 heavy (non-hydrogen) atoms. The molecule has 8 nitrogen and oxygen atoms in total. The average molecular weight is 525 g/mol. The third-order valence-electron chi connectivity index (χ3n) is 8.34. The van der Waals surface area contributed by atoms with E-state index in [1.54, 1.807) is 23.1 Å². The highest BCUT2D eigenvalue weighted by Crippen LogP contribution is 2.54. The number of piperidine rings is 1. The summed E-state index contributed by atoms with van der Waals surface area (Å²) in [6.07, 6.45) is 6.18. The van der Waals surface area contributed by atoms with Crippen molar-refractivity contribution < 1.29 is 26.8 Å². The van der Waals surface area contributed by atoms with E-state index in [2.05, 4.69) is 14.9 Å². The standard InChI is InChI=1S/C25H34F2N4O4S/c1-36(34,35)29-17-2-3-19(21(16-17)30-14-11-24(9-10-24)12-15-30)22(32)28-20-6-13-31(23(20)33)18-4-7-25(26,27)8-5-18/h2-3,16,18,20,29H,4-15H2,1H3,(H,28,32). The normalized spacial score (nSPS) is 25.8. The zero-order valence-corrected chi connectivity index (χ0v) is 21.4. The second-order valence-corrected chi connectivity index (χ2v) is 12.8. The van der Waals surface area contributed by atoms with E-state index in [0.717, 1.165) is 32.2 Å². The molecule has 1 aromatic carbocycles. The van der Waals surface area contributed by atoms with E-state index in [0.29, 0.717) is 35.3 Å². The minimum Gasteiger partial charge on any atom is -0.371 e. The lowest BCUT2D eigenvalue weighted by atomic mass is 9.91. The number of sulfonamides is 1. The first kappa shape index (κ1) is 25.2. The summed E-state index contributed by atoms with van der Waals surface area (Å²) < 4.78 is 53.1. The van der Waals surface area contributed by atoms with Crippen molar-refractivity contribution in [2.24, 2.45) is 5.41 Å². The van der Waals surface area contributed by atoms with Crippen LogP contribution < -0.4 is 14.9 Å². The Hall–Kier alpha value is -2.43. The third-order valence-corrected chi connectivity index (χ3v) is 8.95. The molecule has 0 radical (unpaired) electrons. The Labute approximate surface area is 210 Å². The second-order valence-electron chi connectivity index (χ2n) is 11.0. The summed E-state index contributed by atoms with van der Waals surface area (Å²) in [5.41, 5.74) is 1.86. The molecule has 1 atom stereocenters. The topological polar surface area (TPSA) is 98.8 Å². The van der Waals surface area contributed by atoms with E-state index >= 15 is 0 Å². The van der Waals surface area contributed by atoms with Crippen molar-refractivity contribution in [1.29, 1.82) is 0 Å². The van der Waals surface area contributed by atoms with Crippen LogP contribution in [0.15, 0.2) is 18.2 Å². The van der Waals surface area contributed by atoms with Gasteiger partial charge in [-0.1, -0.05) is 0 Å². The van der Waals surface area contributed by atoms with Crippen LogP contribution in [0, 0.1) is 5.41 Å². The summed E-state index contributed by atoms with van der Waals surface area (Å²) >= 11 is 0. The molecular formula is C25H34F2N4O4S.